The molecule has 0 saturated carbocycles. The largest absolute Gasteiger partial charge is 0.383 e. The zero-order chi connectivity index (χ0) is 13.5. The monoisotopic (exact) mass is 248 g/mol. The third kappa shape index (κ3) is 3.22. The first-order valence-corrected chi connectivity index (χ1v) is 6.72. The molecule has 0 aliphatic rings. The average molecular weight is 248 g/mol. The summed E-state index contributed by atoms with van der Waals surface area (Å²) in [5.41, 5.74) is 8.67. The second-order valence-electron chi connectivity index (χ2n) is 4.49. The Balaban J connectivity index is 3.11. The summed E-state index contributed by atoms with van der Waals surface area (Å²) in [6, 6.07) is 0.431. The van der Waals surface area contributed by atoms with Crippen LogP contribution in [-0.2, 0) is 6.42 Å². The van der Waals surface area contributed by atoms with Gasteiger partial charge in [-0.1, -0.05) is 27.2 Å². The smallest absolute Gasteiger partial charge is 0.134 e. The van der Waals surface area contributed by atoms with Gasteiger partial charge >= 0.3 is 0 Å². The highest BCUT2D eigenvalue weighted by atomic mass is 14.9. The van der Waals surface area contributed by atoms with Gasteiger partial charge in [0.15, 0.2) is 0 Å². The molecule has 18 heavy (non-hydrogen) atoms. The molecule has 0 bridgehead atoms. The number of hydrogen-bond acceptors (Lipinski definition) is 4. The Labute approximate surface area is 110 Å². The van der Waals surface area contributed by atoms with Gasteiger partial charge in [-0.3, -0.25) is 0 Å². The average Bonchev–Trinajstić information content (AvgIpc) is 2.38. The molecule has 0 saturated heterocycles. The first kappa shape index (κ1) is 14.5. The van der Waals surface area contributed by atoms with E-state index < -0.39 is 0 Å². The predicted molar refractivity (Wildman–Crippen MR) is 78.5 cm³/mol. The van der Waals surface area contributed by atoms with Crippen LogP contribution in [0.2, 0.25) is 0 Å². The van der Waals surface area contributed by atoms with Crippen molar-refractivity contribution in [1.82, 2.24) is 4.98 Å². The van der Waals surface area contributed by atoms with Gasteiger partial charge in [-0.25, -0.2) is 4.98 Å². The molecule has 4 N–H and O–H groups in total. The maximum Gasteiger partial charge on any atom is 0.134 e. The van der Waals surface area contributed by atoms with Gasteiger partial charge in [-0.15, -0.1) is 0 Å². The molecule has 1 rings (SSSR count). The molecule has 0 aliphatic heterocycles. The van der Waals surface area contributed by atoms with E-state index in [0.29, 0.717) is 17.4 Å². The van der Waals surface area contributed by atoms with E-state index in [9.17, 15) is 0 Å². The van der Waals surface area contributed by atoms with Crippen LogP contribution in [0.1, 0.15) is 51.2 Å². The fourth-order valence-electron chi connectivity index (χ4n) is 2.10. The van der Waals surface area contributed by atoms with E-state index >= 15 is 0 Å². The molecule has 1 aromatic rings. The van der Waals surface area contributed by atoms with E-state index in [2.05, 4.69) is 31.1 Å². The fourth-order valence-corrected chi connectivity index (χ4v) is 2.10. The minimum atomic E-state index is 0.427. The van der Waals surface area contributed by atoms with Crippen LogP contribution >= 0.6 is 0 Å². The summed E-state index contributed by atoms with van der Waals surface area (Å²) < 4.78 is 0. The van der Waals surface area contributed by atoms with Crippen LogP contribution in [-0.4, -0.2) is 17.2 Å². The number of hydrogen-bond donors (Lipinski definition) is 3. The first-order chi connectivity index (χ1) is 8.67. The highest BCUT2D eigenvalue weighted by Gasteiger charge is 2.13. The zero-order valence-electron chi connectivity index (χ0n) is 11.6. The van der Waals surface area contributed by atoms with E-state index in [1.54, 1.807) is 0 Å². The molecule has 0 radical (unpaired) electrons. The van der Waals surface area contributed by atoms with Crippen molar-refractivity contribution in [3.8, 4) is 0 Å². The molecule has 0 aliphatic carbocycles. The molecule has 0 amide bonds. The van der Waals surface area contributed by atoms with Crippen molar-refractivity contribution >= 4 is 17.7 Å². The standard InChI is InChI=1S/C14H24N4/c1-4-7-11(6-3)18-13-10(5-2)9-17-14(16)12(13)8-15/h8-9,11,15H,4-7H2,1-3H3,(H3,16,17,18). The van der Waals surface area contributed by atoms with Crippen LogP contribution in [0.15, 0.2) is 6.20 Å². The van der Waals surface area contributed by atoms with E-state index in [4.69, 9.17) is 11.1 Å². The van der Waals surface area contributed by atoms with Gasteiger partial charge in [0.05, 0.1) is 11.3 Å². The normalized spacial score (nSPS) is 12.2. The zero-order valence-corrected chi connectivity index (χ0v) is 11.6. The lowest BCUT2D eigenvalue weighted by atomic mass is 10.0. The molecule has 1 unspecified atom stereocenters. The van der Waals surface area contributed by atoms with Gasteiger partial charge in [-0.2, -0.15) is 0 Å². The van der Waals surface area contributed by atoms with Gasteiger partial charge in [0.1, 0.15) is 5.82 Å². The summed E-state index contributed by atoms with van der Waals surface area (Å²) in [6.45, 7) is 6.45. The van der Waals surface area contributed by atoms with Gasteiger partial charge in [0, 0.05) is 18.5 Å². The predicted octanol–water partition coefficient (Wildman–Crippen LogP) is 3.21. The molecule has 4 heteroatoms. The summed E-state index contributed by atoms with van der Waals surface area (Å²) in [5, 5.41) is 11.1. The van der Waals surface area contributed by atoms with Crippen molar-refractivity contribution in [2.24, 2.45) is 0 Å². The third-order valence-electron chi connectivity index (χ3n) is 3.23. The Bertz CT molecular complexity index is 401. The van der Waals surface area contributed by atoms with Gasteiger partial charge in [-0.05, 0) is 24.8 Å². The molecule has 1 aromatic heterocycles. The van der Waals surface area contributed by atoms with Crippen molar-refractivity contribution in [1.29, 1.82) is 5.41 Å². The topological polar surface area (TPSA) is 74.8 Å². The molecule has 0 fully saturated rings. The van der Waals surface area contributed by atoms with Crippen molar-refractivity contribution in [3.05, 3.63) is 17.3 Å². The van der Waals surface area contributed by atoms with E-state index in [1.165, 1.54) is 6.21 Å². The van der Waals surface area contributed by atoms with Gasteiger partial charge < -0.3 is 16.5 Å². The van der Waals surface area contributed by atoms with Crippen molar-refractivity contribution in [2.45, 2.75) is 52.5 Å². The molecule has 0 spiro atoms. The van der Waals surface area contributed by atoms with Gasteiger partial charge in [0.2, 0.25) is 0 Å². The van der Waals surface area contributed by atoms with Crippen LogP contribution in [0.3, 0.4) is 0 Å². The fraction of sp³-hybridized carbons (Fsp3) is 0.571. The number of aromatic nitrogens is 1. The lowest BCUT2D eigenvalue weighted by Gasteiger charge is -2.21. The molecule has 1 atom stereocenters. The Hall–Kier alpha value is -1.58. The highest BCUT2D eigenvalue weighted by molar-refractivity contribution is 5.92. The number of rotatable bonds is 7. The second kappa shape index (κ2) is 6.99. The Morgan fingerprint density at radius 3 is 2.67 bits per heavy atom. The van der Waals surface area contributed by atoms with E-state index in [-0.39, 0.29) is 0 Å². The number of nitrogens with zero attached hydrogens (tertiary/aromatic N) is 1. The van der Waals surface area contributed by atoms with Crippen LogP contribution in [0.5, 0.6) is 0 Å². The molecule has 1 heterocycles. The van der Waals surface area contributed by atoms with Crippen LogP contribution in [0.4, 0.5) is 11.5 Å². The number of nitrogens with two attached hydrogens (primary N) is 1. The van der Waals surface area contributed by atoms with E-state index in [0.717, 1.165) is 36.9 Å². The minimum Gasteiger partial charge on any atom is -0.383 e. The number of nitrogens with one attached hydrogen (secondary N) is 2. The SMILES string of the molecule is CCCC(CC)Nc1c(CC)cnc(N)c1C=N. The number of pyridine rings is 1. The summed E-state index contributed by atoms with van der Waals surface area (Å²) in [4.78, 5) is 4.15. The molecule has 0 aromatic carbocycles. The third-order valence-corrected chi connectivity index (χ3v) is 3.23. The minimum absolute atomic E-state index is 0.427. The summed E-state index contributed by atoms with van der Waals surface area (Å²) in [5.74, 6) is 0.427. The molecule has 4 nitrogen and oxygen atoms in total. The first-order valence-electron chi connectivity index (χ1n) is 6.72. The van der Waals surface area contributed by atoms with Gasteiger partial charge in [0.25, 0.3) is 0 Å². The summed E-state index contributed by atoms with van der Waals surface area (Å²) in [7, 11) is 0. The molecular formula is C14H24N4. The van der Waals surface area contributed by atoms with Crippen molar-refractivity contribution in [2.75, 3.05) is 11.1 Å². The molecular weight excluding hydrogens is 224 g/mol. The second-order valence-corrected chi connectivity index (χ2v) is 4.49. The summed E-state index contributed by atoms with van der Waals surface area (Å²) >= 11 is 0. The van der Waals surface area contributed by atoms with Crippen LogP contribution in [0.25, 0.3) is 0 Å². The number of anilines is 2. The maximum atomic E-state index is 7.52. The highest BCUT2D eigenvalue weighted by Crippen LogP contribution is 2.25. The van der Waals surface area contributed by atoms with Crippen molar-refractivity contribution in [3.63, 3.8) is 0 Å². The quantitative estimate of drug-likeness (QED) is 0.648. The Morgan fingerprint density at radius 2 is 2.17 bits per heavy atom. The van der Waals surface area contributed by atoms with E-state index in [1.807, 2.05) is 6.20 Å². The maximum absolute atomic E-state index is 7.52. The van der Waals surface area contributed by atoms with Crippen LogP contribution < -0.4 is 11.1 Å². The van der Waals surface area contributed by atoms with Crippen LogP contribution in [0, 0.1) is 5.41 Å². The molecule has 100 valence electrons. The Kier molecular flexibility index (Phi) is 5.62. The number of aryl methyl sites for hydroxylation is 1. The summed E-state index contributed by atoms with van der Waals surface area (Å²) in [6.07, 6.45) is 7.33. The lowest BCUT2D eigenvalue weighted by molar-refractivity contribution is 0.622. The lowest BCUT2D eigenvalue weighted by Crippen LogP contribution is -2.21. The Morgan fingerprint density at radius 1 is 1.44 bits per heavy atom. The van der Waals surface area contributed by atoms with Crippen molar-refractivity contribution < 1.29 is 0 Å². The number of nitrogen functional groups attached to an aromatic ring is 1.